The van der Waals surface area contributed by atoms with Crippen molar-refractivity contribution in [3.63, 3.8) is 0 Å². The van der Waals surface area contributed by atoms with Crippen LogP contribution in [0.15, 0.2) is 18.3 Å². The number of aromatic nitrogens is 1. The van der Waals surface area contributed by atoms with Crippen LogP contribution in [0.1, 0.15) is 20.3 Å². The maximum atomic E-state index is 10.7. The van der Waals surface area contributed by atoms with Crippen LogP contribution in [0.5, 0.6) is 0 Å². The average Bonchev–Trinajstić information content (AvgIpc) is 2.45. The van der Waals surface area contributed by atoms with Crippen molar-refractivity contribution in [3.8, 4) is 12.3 Å². The largest absolute Gasteiger partial charge is 0.481 e. The second kappa shape index (κ2) is 8.05. The summed E-state index contributed by atoms with van der Waals surface area (Å²) in [6, 6.07) is 3.87. The molecule has 0 aliphatic heterocycles. The first kappa shape index (κ1) is 15.8. The summed E-state index contributed by atoms with van der Waals surface area (Å²) < 4.78 is 0. The molecule has 0 atom stereocenters. The van der Waals surface area contributed by atoms with Crippen molar-refractivity contribution in [2.24, 2.45) is 0 Å². The van der Waals surface area contributed by atoms with Gasteiger partial charge in [0.1, 0.15) is 5.82 Å². The van der Waals surface area contributed by atoms with Crippen LogP contribution < -0.4 is 9.80 Å². The lowest BCUT2D eigenvalue weighted by Gasteiger charge is -2.23. The zero-order valence-corrected chi connectivity index (χ0v) is 12.0. The fourth-order valence-electron chi connectivity index (χ4n) is 1.94. The third-order valence-corrected chi connectivity index (χ3v) is 3.06. The number of hydrogen-bond acceptors (Lipinski definition) is 4. The topological polar surface area (TPSA) is 56.7 Å². The van der Waals surface area contributed by atoms with Gasteiger partial charge in [0.25, 0.3) is 0 Å². The molecule has 0 saturated heterocycles. The van der Waals surface area contributed by atoms with E-state index >= 15 is 0 Å². The van der Waals surface area contributed by atoms with Crippen LogP contribution in [0.2, 0.25) is 0 Å². The third kappa shape index (κ3) is 4.47. The number of rotatable bonds is 8. The SMILES string of the molecule is C#CCN(CCC(=O)O)c1ccc(N(CC)CC)nc1. The smallest absolute Gasteiger partial charge is 0.305 e. The first-order valence-electron chi connectivity index (χ1n) is 6.73. The molecule has 0 aliphatic rings. The van der Waals surface area contributed by atoms with Crippen molar-refractivity contribution < 1.29 is 9.90 Å². The Morgan fingerprint density at radius 2 is 2.05 bits per heavy atom. The first-order chi connectivity index (χ1) is 9.62. The van der Waals surface area contributed by atoms with Gasteiger partial charge in [0.2, 0.25) is 0 Å². The standard InChI is InChI=1S/C15H21N3O2/c1-4-10-18(11-9-15(19)20)13-7-8-14(16-12-13)17(5-2)6-3/h1,7-8,12H,5-6,9-11H2,2-3H3,(H,19,20). The molecular weight excluding hydrogens is 254 g/mol. The van der Waals surface area contributed by atoms with Crippen LogP contribution >= 0.6 is 0 Å². The van der Waals surface area contributed by atoms with E-state index in [0.717, 1.165) is 24.6 Å². The number of aliphatic carboxylic acids is 1. The van der Waals surface area contributed by atoms with Gasteiger partial charge >= 0.3 is 5.97 Å². The lowest BCUT2D eigenvalue weighted by molar-refractivity contribution is -0.136. The molecule has 0 radical (unpaired) electrons. The van der Waals surface area contributed by atoms with Crippen molar-refractivity contribution >= 4 is 17.5 Å². The lowest BCUT2D eigenvalue weighted by atomic mass is 10.3. The van der Waals surface area contributed by atoms with Gasteiger partial charge in [-0.15, -0.1) is 6.42 Å². The molecule has 5 heteroatoms. The summed E-state index contributed by atoms with van der Waals surface area (Å²) in [5.41, 5.74) is 0.847. The Kier molecular flexibility index (Phi) is 6.38. The maximum Gasteiger partial charge on any atom is 0.305 e. The number of nitrogens with zero attached hydrogens (tertiary/aromatic N) is 3. The quantitative estimate of drug-likeness (QED) is 0.734. The van der Waals surface area contributed by atoms with Crippen LogP contribution in [0.3, 0.4) is 0 Å². The van der Waals surface area contributed by atoms with E-state index in [1.165, 1.54) is 0 Å². The van der Waals surface area contributed by atoms with Crippen LogP contribution in [-0.2, 0) is 4.79 Å². The van der Waals surface area contributed by atoms with E-state index in [0.29, 0.717) is 13.1 Å². The molecule has 1 aromatic rings. The van der Waals surface area contributed by atoms with Gasteiger partial charge in [-0.3, -0.25) is 4.79 Å². The monoisotopic (exact) mass is 275 g/mol. The highest BCUT2D eigenvalue weighted by atomic mass is 16.4. The molecule has 0 aliphatic carbocycles. The summed E-state index contributed by atoms with van der Waals surface area (Å²) in [6.45, 7) is 6.71. The molecular formula is C15H21N3O2. The van der Waals surface area contributed by atoms with E-state index in [9.17, 15) is 4.79 Å². The van der Waals surface area contributed by atoms with Crippen LogP contribution in [-0.4, -0.2) is 42.2 Å². The van der Waals surface area contributed by atoms with Crippen LogP contribution in [0, 0.1) is 12.3 Å². The zero-order valence-electron chi connectivity index (χ0n) is 12.0. The first-order valence-corrected chi connectivity index (χ1v) is 6.73. The second-order valence-electron chi connectivity index (χ2n) is 4.32. The van der Waals surface area contributed by atoms with Crippen molar-refractivity contribution in [2.75, 3.05) is 36.0 Å². The van der Waals surface area contributed by atoms with Crippen molar-refractivity contribution in [3.05, 3.63) is 18.3 Å². The fraction of sp³-hybridized carbons (Fsp3) is 0.467. The van der Waals surface area contributed by atoms with Gasteiger partial charge in [-0.25, -0.2) is 4.98 Å². The Balaban J connectivity index is 2.82. The van der Waals surface area contributed by atoms with Crippen molar-refractivity contribution in [1.82, 2.24) is 4.98 Å². The predicted molar refractivity (Wildman–Crippen MR) is 81.1 cm³/mol. The Morgan fingerprint density at radius 3 is 2.50 bits per heavy atom. The molecule has 1 N–H and O–H groups in total. The Morgan fingerprint density at radius 1 is 1.35 bits per heavy atom. The molecule has 0 bridgehead atoms. The highest BCUT2D eigenvalue weighted by Crippen LogP contribution is 2.17. The minimum absolute atomic E-state index is 0.0550. The Bertz CT molecular complexity index is 461. The van der Waals surface area contributed by atoms with Gasteiger partial charge in [-0.1, -0.05) is 5.92 Å². The highest BCUT2D eigenvalue weighted by molar-refractivity contribution is 5.67. The van der Waals surface area contributed by atoms with Crippen LogP contribution in [0.4, 0.5) is 11.5 Å². The summed E-state index contributed by atoms with van der Waals surface area (Å²) in [5.74, 6) is 2.63. The summed E-state index contributed by atoms with van der Waals surface area (Å²) in [5, 5.41) is 8.76. The predicted octanol–water partition coefficient (Wildman–Crippen LogP) is 1.84. The number of terminal acetylenes is 1. The van der Waals surface area contributed by atoms with Gasteiger partial charge in [-0.05, 0) is 26.0 Å². The molecule has 0 saturated carbocycles. The molecule has 1 heterocycles. The van der Waals surface area contributed by atoms with Gasteiger partial charge < -0.3 is 14.9 Å². The molecule has 108 valence electrons. The Labute approximate surface area is 120 Å². The number of anilines is 2. The molecule has 0 fully saturated rings. The Hall–Kier alpha value is -2.22. The molecule has 1 rings (SSSR count). The number of hydrogen-bond donors (Lipinski definition) is 1. The van der Waals surface area contributed by atoms with Gasteiger partial charge in [0.05, 0.1) is 24.8 Å². The van der Waals surface area contributed by atoms with E-state index < -0.39 is 5.97 Å². The van der Waals surface area contributed by atoms with E-state index in [2.05, 4.69) is 29.7 Å². The van der Waals surface area contributed by atoms with Gasteiger partial charge in [-0.2, -0.15) is 0 Å². The highest BCUT2D eigenvalue weighted by Gasteiger charge is 2.09. The molecule has 0 amide bonds. The van der Waals surface area contributed by atoms with E-state index in [1.807, 2.05) is 17.0 Å². The summed E-state index contributed by atoms with van der Waals surface area (Å²) in [7, 11) is 0. The second-order valence-corrected chi connectivity index (χ2v) is 4.32. The van der Waals surface area contributed by atoms with Gasteiger partial charge in [0.15, 0.2) is 0 Å². The molecule has 0 spiro atoms. The average molecular weight is 275 g/mol. The minimum atomic E-state index is -0.834. The summed E-state index contributed by atoms with van der Waals surface area (Å²) in [4.78, 5) is 19.1. The fourth-order valence-corrected chi connectivity index (χ4v) is 1.94. The van der Waals surface area contributed by atoms with E-state index in [4.69, 9.17) is 11.5 Å². The third-order valence-electron chi connectivity index (χ3n) is 3.06. The van der Waals surface area contributed by atoms with Crippen molar-refractivity contribution in [1.29, 1.82) is 0 Å². The molecule has 1 aromatic heterocycles. The number of pyridine rings is 1. The van der Waals surface area contributed by atoms with Crippen LogP contribution in [0.25, 0.3) is 0 Å². The molecule has 5 nitrogen and oxygen atoms in total. The number of carboxylic acids is 1. The van der Waals surface area contributed by atoms with Crippen molar-refractivity contribution in [2.45, 2.75) is 20.3 Å². The summed E-state index contributed by atoms with van der Waals surface area (Å²) in [6.07, 6.45) is 7.12. The van der Waals surface area contributed by atoms with Gasteiger partial charge in [0, 0.05) is 19.6 Å². The minimum Gasteiger partial charge on any atom is -0.481 e. The van der Waals surface area contributed by atoms with E-state index in [1.54, 1.807) is 6.20 Å². The molecule has 0 unspecified atom stereocenters. The van der Waals surface area contributed by atoms with E-state index in [-0.39, 0.29) is 6.42 Å². The molecule has 0 aromatic carbocycles. The maximum absolute atomic E-state index is 10.7. The normalized spacial score (nSPS) is 9.85. The number of carboxylic acid groups (broad SMARTS) is 1. The zero-order chi connectivity index (χ0) is 15.0. The summed E-state index contributed by atoms with van der Waals surface area (Å²) >= 11 is 0. The number of carbonyl (C=O) groups is 1. The lowest BCUT2D eigenvalue weighted by Crippen LogP contribution is -2.27. The molecule has 20 heavy (non-hydrogen) atoms.